The molecular formula is C33H32FN9O2. The summed E-state index contributed by atoms with van der Waals surface area (Å²) in [6, 6.07) is 10.7. The first kappa shape index (κ1) is 28.6. The molecule has 1 aromatic carbocycles. The number of nitrogens with one attached hydrogen (secondary N) is 1. The zero-order valence-electron chi connectivity index (χ0n) is 25.1. The van der Waals surface area contributed by atoms with Gasteiger partial charge in [-0.2, -0.15) is 5.26 Å². The summed E-state index contributed by atoms with van der Waals surface area (Å²) in [5, 5.41) is 10.3. The van der Waals surface area contributed by atoms with Gasteiger partial charge in [0, 0.05) is 56.8 Å². The first-order chi connectivity index (χ1) is 21.9. The van der Waals surface area contributed by atoms with Gasteiger partial charge in [0.25, 0.3) is 0 Å². The number of carbonyl (C=O) groups is 1. The molecule has 0 aliphatic carbocycles. The van der Waals surface area contributed by atoms with Crippen molar-refractivity contribution in [3.8, 4) is 17.7 Å². The van der Waals surface area contributed by atoms with Crippen molar-refractivity contribution in [1.82, 2.24) is 34.7 Å². The molecule has 2 aliphatic rings. The van der Waals surface area contributed by atoms with E-state index in [1.54, 1.807) is 30.6 Å². The van der Waals surface area contributed by atoms with Gasteiger partial charge in [-0.1, -0.05) is 6.92 Å². The largest absolute Gasteiger partial charge is 0.437 e. The van der Waals surface area contributed by atoms with Crippen LogP contribution in [0.3, 0.4) is 0 Å². The zero-order valence-corrected chi connectivity index (χ0v) is 25.1. The lowest BCUT2D eigenvalue weighted by Gasteiger charge is -2.34. The standard InChI is InChI=1S/C33H32FN9O2/c1-3-21-17-43(18-22-12-24(16-37-30(21)22)45-33-26-13-23(14-35)40-32(26)38-19-39-33)29(44)11-20-10-25-27(34)4-5-28(31(25)36-15-20)42-8-6-41(2)7-9-42/h4-5,10,12-13,15-16,19,21H,3,6-9,11,17-18H2,1-2H3,(H,38,39,40). The first-order valence-electron chi connectivity index (χ1n) is 15.1. The van der Waals surface area contributed by atoms with Crippen molar-refractivity contribution in [3.63, 3.8) is 0 Å². The van der Waals surface area contributed by atoms with E-state index in [0.29, 0.717) is 57.9 Å². The fourth-order valence-corrected chi connectivity index (χ4v) is 6.26. The van der Waals surface area contributed by atoms with E-state index in [-0.39, 0.29) is 24.1 Å². The molecule has 1 atom stereocenters. The highest BCUT2D eigenvalue weighted by Gasteiger charge is 2.29. The third-order valence-corrected chi connectivity index (χ3v) is 8.77. The molecule has 0 radical (unpaired) electrons. The molecule has 0 saturated carbocycles. The Kier molecular flexibility index (Phi) is 7.47. The number of likely N-dealkylation sites (N-methyl/N-ethyl adjacent to an activating group) is 1. The number of H-pyrrole nitrogens is 1. The highest BCUT2D eigenvalue weighted by Crippen LogP contribution is 2.34. The van der Waals surface area contributed by atoms with Gasteiger partial charge in [0.15, 0.2) is 0 Å². The van der Waals surface area contributed by atoms with E-state index in [2.05, 4.69) is 49.8 Å². The summed E-state index contributed by atoms with van der Waals surface area (Å²) < 4.78 is 21.1. The molecule has 6 heterocycles. The molecule has 1 unspecified atom stereocenters. The van der Waals surface area contributed by atoms with Crippen LogP contribution in [-0.4, -0.2) is 80.4 Å². The van der Waals surface area contributed by atoms with Gasteiger partial charge in [0.1, 0.15) is 35.3 Å². The number of ether oxygens (including phenoxy) is 1. The second-order valence-corrected chi connectivity index (χ2v) is 11.7. The molecule has 0 spiro atoms. The Hall–Kier alpha value is -5.15. The van der Waals surface area contributed by atoms with E-state index in [4.69, 9.17) is 9.72 Å². The van der Waals surface area contributed by atoms with Crippen LogP contribution in [0.5, 0.6) is 11.6 Å². The van der Waals surface area contributed by atoms with E-state index in [1.165, 1.54) is 12.4 Å². The topological polar surface area (TPSA) is 127 Å². The minimum absolute atomic E-state index is 0.0592. The molecule has 1 fully saturated rings. The van der Waals surface area contributed by atoms with Crippen LogP contribution in [0.25, 0.3) is 21.9 Å². The Morgan fingerprint density at radius 3 is 2.73 bits per heavy atom. The number of rotatable bonds is 6. The second-order valence-electron chi connectivity index (χ2n) is 11.7. The predicted octanol–water partition coefficient (Wildman–Crippen LogP) is 4.53. The third-order valence-electron chi connectivity index (χ3n) is 8.77. The molecule has 1 saturated heterocycles. The molecule has 45 heavy (non-hydrogen) atoms. The van der Waals surface area contributed by atoms with Gasteiger partial charge in [-0.25, -0.2) is 14.4 Å². The van der Waals surface area contributed by atoms with Crippen molar-refractivity contribution in [2.45, 2.75) is 32.2 Å². The molecule has 1 N–H and O–H groups in total. The SMILES string of the molecule is CCC1CN(C(=O)Cc2cnc3c(N4CCN(C)CC4)ccc(F)c3c2)Cc2cc(Oc3ncnc4[nH]c(C#N)cc34)cnc21. The van der Waals surface area contributed by atoms with Crippen molar-refractivity contribution in [1.29, 1.82) is 5.26 Å². The molecule has 11 nitrogen and oxygen atoms in total. The maximum Gasteiger partial charge on any atom is 0.231 e. The molecule has 12 heteroatoms. The number of aromatic nitrogens is 5. The van der Waals surface area contributed by atoms with Gasteiger partial charge in [0.2, 0.25) is 11.8 Å². The second kappa shape index (κ2) is 11.7. The molecule has 4 aromatic heterocycles. The van der Waals surface area contributed by atoms with E-state index in [1.807, 2.05) is 11.0 Å². The summed E-state index contributed by atoms with van der Waals surface area (Å²) in [6.07, 6.45) is 5.66. The maximum atomic E-state index is 15.0. The average Bonchev–Trinajstić information content (AvgIpc) is 3.50. The maximum absolute atomic E-state index is 15.0. The van der Waals surface area contributed by atoms with Gasteiger partial charge >= 0.3 is 0 Å². The van der Waals surface area contributed by atoms with E-state index >= 15 is 4.39 Å². The number of carbonyl (C=O) groups excluding carboxylic acids is 1. The average molecular weight is 606 g/mol. The number of nitrogens with zero attached hydrogens (tertiary/aromatic N) is 8. The Morgan fingerprint density at radius 2 is 1.93 bits per heavy atom. The lowest BCUT2D eigenvalue weighted by molar-refractivity contribution is -0.131. The monoisotopic (exact) mass is 605 g/mol. The number of benzene rings is 1. The molecule has 2 aliphatic heterocycles. The van der Waals surface area contributed by atoms with Crippen LogP contribution in [0.4, 0.5) is 10.1 Å². The van der Waals surface area contributed by atoms with Crippen LogP contribution >= 0.6 is 0 Å². The third kappa shape index (κ3) is 5.51. The Labute approximate surface area is 259 Å². The number of amides is 1. The van der Waals surface area contributed by atoms with E-state index in [0.717, 1.165) is 49.5 Å². The summed E-state index contributed by atoms with van der Waals surface area (Å²) in [4.78, 5) is 40.7. The summed E-state index contributed by atoms with van der Waals surface area (Å²) in [5.74, 6) is 0.450. The number of nitriles is 1. The first-order valence-corrected chi connectivity index (χ1v) is 15.1. The Balaban J connectivity index is 1.11. The highest BCUT2D eigenvalue weighted by molar-refractivity contribution is 5.92. The number of hydrogen-bond donors (Lipinski definition) is 1. The number of hydrogen-bond acceptors (Lipinski definition) is 9. The summed E-state index contributed by atoms with van der Waals surface area (Å²) in [6.45, 7) is 6.59. The van der Waals surface area contributed by atoms with Crippen molar-refractivity contribution in [2.75, 3.05) is 44.7 Å². The lowest BCUT2D eigenvalue weighted by Crippen LogP contribution is -2.44. The van der Waals surface area contributed by atoms with E-state index < -0.39 is 0 Å². The van der Waals surface area contributed by atoms with Crippen LogP contribution in [0.1, 0.15) is 41.8 Å². The minimum Gasteiger partial charge on any atom is -0.437 e. The van der Waals surface area contributed by atoms with Crippen molar-refractivity contribution in [2.24, 2.45) is 0 Å². The minimum atomic E-state index is -0.342. The van der Waals surface area contributed by atoms with Crippen molar-refractivity contribution < 1.29 is 13.9 Å². The number of pyridine rings is 2. The van der Waals surface area contributed by atoms with Gasteiger partial charge < -0.3 is 24.4 Å². The Morgan fingerprint density at radius 1 is 1.09 bits per heavy atom. The molecular weight excluding hydrogens is 573 g/mol. The predicted molar refractivity (Wildman–Crippen MR) is 166 cm³/mol. The lowest BCUT2D eigenvalue weighted by atomic mass is 9.92. The molecule has 7 rings (SSSR count). The fourth-order valence-electron chi connectivity index (χ4n) is 6.26. The summed E-state index contributed by atoms with van der Waals surface area (Å²) in [5.41, 5.74) is 4.92. The molecule has 228 valence electrons. The number of piperazine rings is 1. The molecule has 1 amide bonds. The number of halogens is 1. The molecule has 5 aromatic rings. The number of anilines is 1. The van der Waals surface area contributed by atoms with Gasteiger partial charge in [-0.3, -0.25) is 14.8 Å². The van der Waals surface area contributed by atoms with Crippen molar-refractivity contribution in [3.05, 3.63) is 77.4 Å². The summed E-state index contributed by atoms with van der Waals surface area (Å²) in [7, 11) is 2.10. The smallest absolute Gasteiger partial charge is 0.231 e. The normalized spacial score (nSPS) is 17.0. The molecule has 0 bridgehead atoms. The van der Waals surface area contributed by atoms with Crippen LogP contribution in [-0.2, 0) is 17.8 Å². The van der Waals surface area contributed by atoms with Gasteiger partial charge in [-0.15, -0.1) is 0 Å². The number of fused-ring (bicyclic) bond motifs is 3. The Bertz CT molecular complexity index is 1960. The fraction of sp³-hybridized carbons (Fsp3) is 0.333. The van der Waals surface area contributed by atoms with Gasteiger partial charge in [-0.05, 0) is 54.9 Å². The zero-order chi connectivity index (χ0) is 31.1. The van der Waals surface area contributed by atoms with Gasteiger partial charge in [0.05, 0.1) is 34.9 Å². The van der Waals surface area contributed by atoms with Crippen LogP contribution in [0, 0.1) is 17.1 Å². The van der Waals surface area contributed by atoms with Crippen molar-refractivity contribution >= 4 is 33.5 Å². The van der Waals surface area contributed by atoms with Crippen LogP contribution in [0.15, 0.2) is 49.1 Å². The quantitative estimate of drug-likeness (QED) is 0.297. The van der Waals surface area contributed by atoms with E-state index in [9.17, 15) is 10.1 Å². The summed E-state index contributed by atoms with van der Waals surface area (Å²) >= 11 is 0. The van der Waals surface area contributed by atoms with Crippen LogP contribution < -0.4 is 9.64 Å². The highest BCUT2D eigenvalue weighted by atomic mass is 19.1. The number of aromatic amines is 1. The van der Waals surface area contributed by atoms with Crippen LogP contribution in [0.2, 0.25) is 0 Å².